The maximum absolute atomic E-state index is 13.7. The van der Waals surface area contributed by atoms with E-state index in [1.54, 1.807) is 47.6 Å². The van der Waals surface area contributed by atoms with Crippen LogP contribution >= 0.6 is 0 Å². The molecule has 1 saturated heterocycles. The van der Waals surface area contributed by atoms with Crippen molar-refractivity contribution in [2.45, 2.75) is 39.0 Å². The minimum absolute atomic E-state index is 0.106. The minimum Gasteiger partial charge on any atom is -0.497 e. The summed E-state index contributed by atoms with van der Waals surface area (Å²) in [4.78, 5) is 41.5. The Kier molecular flexibility index (Phi) is 8.25. The minimum atomic E-state index is -0.560. The first-order valence-corrected chi connectivity index (χ1v) is 14.7. The van der Waals surface area contributed by atoms with Crippen LogP contribution in [0, 0.1) is 13.8 Å². The lowest BCUT2D eigenvalue weighted by Gasteiger charge is -2.22. The largest absolute Gasteiger partial charge is 0.497 e. The van der Waals surface area contributed by atoms with Crippen molar-refractivity contribution in [3.63, 3.8) is 0 Å². The molecule has 4 aromatic rings. The summed E-state index contributed by atoms with van der Waals surface area (Å²) in [7, 11) is 3.02. The van der Waals surface area contributed by atoms with Gasteiger partial charge in [-0.15, -0.1) is 0 Å². The summed E-state index contributed by atoms with van der Waals surface area (Å²) < 4.78 is 28.8. The molecular formula is C34H35N3O8. The second-order valence-corrected chi connectivity index (χ2v) is 11.4. The molecule has 2 atom stereocenters. The van der Waals surface area contributed by atoms with Gasteiger partial charge in [-0.25, -0.2) is 0 Å². The second kappa shape index (κ2) is 12.4. The molecule has 45 heavy (non-hydrogen) atoms. The highest BCUT2D eigenvalue weighted by Crippen LogP contribution is 2.30. The number of ether oxygens (including phenoxy) is 4. The Morgan fingerprint density at radius 2 is 1.84 bits per heavy atom. The van der Waals surface area contributed by atoms with E-state index in [-0.39, 0.29) is 50.0 Å². The van der Waals surface area contributed by atoms with Crippen molar-refractivity contribution < 1.29 is 37.7 Å². The van der Waals surface area contributed by atoms with Gasteiger partial charge in [0.15, 0.2) is 6.61 Å². The molecule has 234 valence electrons. The van der Waals surface area contributed by atoms with E-state index in [1.165, 1.54) is 14.2 Å². The zero-order valence-electron chi connectivity index (χ0n) is 25.6. The predicted molar refractivity (Wildman–Crippen MR) is 165 cm³/mol. The Bertz CT molecular complexity index is 1780. The summed E-state index contributed by atoms with van der Waals surface area (Å²) >= 11 is 0. The number of nitrogens with one attached hydrogen (secondary N) is 2. The number of hydrogen-bond donors (Lipinski definition) is 2. The first kappa shape index (κ1) is 29.9. The summed E-state index contributed by atoms with van der Waals surface area (Å²) in [5.41, 5.74) is 4.73. The second-order valence-electron chi connectivity index (χ2n) is 11.4. The lowest BCUT2D eigenvalue weighted by Crippen LogP contribution is -2.45. The average molecular weight is 614 g/mol. The van der Waals surface area contributed by atoms with E-state index < -0.39 is 18.1 Å². The van der Waals surface area contributed by atoms with Gasteiger partial charge in [0, 0.05) is 47.3 Å². The summed E-state index contributed by atoms with van der Waals surface area (Å²) in [6, 6.07) is 13.5. The number of amides is 3. The van der Waals surface area contributed by atoms with E-state index in [2.05, 4.69) is 16.7 Å². The maximum Gasteiger partial charge on any atom is 0.258 e. The Labute approximate surface area is 260 Å². The van der Waals surface area contributed by atoms with Crippen LogP contribution < -0.4 is 29.6 Å². The Morgan fingerprint density at radius 1 is 1.00 bits per heavy atom. The smallest absolute Gasteiger partial charge is 0.258 e. The van der Waals surface area contributed by atoms with E-state index >= 15 is 0 Å². The topological polar surface area (TPSA) is 129 Å². The number of benzene rings is 3. The standard InChI is InChI=1S/C34H35N3O8/c1-19-7-20(2)33-23(17-44-29(33)8-19)11-32(39)37-15-27-30(16-37)45-24-6-5-21(28(13-24)42-4)14-35-31(38)18-43-26-10-22(34(40)36-27)9-25(12-26)41-3/h5-10,12-13,17,27,30H,11,14-16,18H2,1-4H3,(H,35,38)(H,36,40)/t27-,30-/m0/s1. The summed E-state index contributed by atoms with van der Waals surface area (Å²) in [5, 5.41) is 6.81. The van der Waals surface area contributed by atoms with Crippen LogP contribution in [0.5, 0.6) is 23.0 Å². The normalized spacial score (nSPS) is 18.4. The maximum atomic E-state index is 13.7. The molecule has 11 heteroatoms. The highest BCUT2D eigenvalue weighted by Gasteiger charge is 2.38. The predicted octanol–water partition coefficient (Wildman–Crippen LogP) is 3.71. The Balaban J connectivity index is 1.30. The van der Waals surface area contributed by atoms with Gasteiger partial charge in [0.05, 0.1) is 39.5 Å². The van der Waals surface area contributed by atoms with Crippen LogP contribution in [-0.4, -0.2) is 68.7 Å². The van der Waals surface area contributed by atoms with Crippen LogP contribution in [0.25, 0.3) is 11.0 Å². The van der Waals surface area contributed by atoms with Gasteiger partial charge in [-0.05, 0) is 55.3 Å². The summed E-state index contributed by atoms with van der Waals surface area (Å²) in [6.07, 6.45) is 1.23. The molecule has 4 heterocycles. The highest BCUT2D eigenvalue weighted by molar-refractivity contribution is 5.95. The number of methoxy groups -OCH3 is 2. The number of aryl methyl sites for hydroxylation is 2. The molecule has 3 amide bonds. The molecule has 11 nitrogen and oxygen atoms in total. The molecule has 0 radical (unpaired) electrons. The first-order chi connectivity index (χ1) is 21.7. The van der Waals surface area contributed by atoms with Crippen LogP contribution in [0.15, 0.2) is 59.2 Å². The van der Waals surface area contributed by atoms with Crippen molar-refractivity contribution in [1.82, 2.24) is 15.5 Å². The molecule has 3 aromatic carbocycles. The fourth-order valence-corrected chi connectivity index (χ4v) is 5.94. The monoisotopic (exact) mass is 613 g/mol. The highest BCUT2D eigenvalue weighted by atomic mass is 16.5. The van der Waals surface area contributed by atoms with Gasteiger partial charge in [0.1, 0.15) is 34.7 Å². The molecule has 0 saturated carbocycles. The molecule has 4 bridgehead atoms. The van der Waals surface area contributed by atoms with Gasteiger partial charge in [-0.1, -0.05) is 6.07 Å². The molecule has 0 unspecified atom stereocenters. The molecule has 2 N–H and O–H groups in total. The molecule has 0 aliphatic carbocycles. The fourth-order valence-electron chi connectivity index (χ4n) is 5.94. The van der Waals surface area contributed by atoms with Crippen LogP contribution in [-0.2, 0) is 22.6 Å². The number of carbonyl (C=O) groups is 3. The third kappa shape index (κ3) is 6.38. The van der Waals surface area contributed by atoms with Crippen molar-refractivity contribution in [2.75, 3.05) is 33.9 Å². The molecule has 0 spiro atoms. The van der Waals surface area contributed by atoms with Crippen molar-refractivity contribution in [1.29, 1.82) is 0 Å². The van der Waals surface area contributed by atoms with Crippen LogP contribution in [0.1, 0.15) is 32.6 Å². The number of carbonyl (C=O) groups excluding carboxylic acids is 3. The van der Waals surface area contributed by atoms with Gasteiger partial charge >= 0.3 is 0 Å². The molecule has 3 aliphatic heterocycles. The Hall–Kier alpha value is -5.19. The average Bonchev–Trinajstić information content (AvgIpc) is 3.62. The third-order valence-corrected chi connectivity index (χ3v) is 8.14. The number of nitrogens with zero attached hydrogens (tertiary/aromatic N) is 1. The number of rotatable bonds is 4. The van der Waals surface area contributed by atoms with Gasteiger partial charge in [0.25, 0.3) is 11.8 Å². The number of hydrogen-bond acceptors (Lipinski definition) is 8. The van der Waals surface area contributed by atoms with Crippen LogP contribution in [0.3, 0.4) is 0 Å². The van der Waals surface area contributed by atoms with Crippen molar-refractivity contribution in [3.8, 4) is 23.0 Å². The van der Waals surface area contributed by atoms with Gasteiger partial charge < -0.3 is 38.9 Å². The summed E-state index contributed by atoms with van der Waals surface area (Å²) in [6.45, 7) is 4.47. The van der Waals surface area contributed by atoms with Crippen molar-refractivity contribution in [2.24, 2.45) is 0 Å². The molecule has 7 rings (SSSR count). The zero-order chi connectivity index (χ0) is 31.7. The van der Waals surface area contributed by atoms with Crippen LogP contribution in [0.4, 0.5) is 0 Å². The van der Waals surface area contributed by atoms with E-state index in [1.807, 2.05) is 19.9 Å². The van der Waals surface area contributed by atoms with Gasteiger partial charge in [-0.3, -0.25) is 14.4 Å². The number of furan rings is 1. The molecule has 3 aliphatic rings. The van der Waals surface area contributed by atoms with E-state index in [4.69, 9.17) is 23.4 Å². The molecule has 1 fully saturated rings. The fraction of sp³-hybridized carbons (Fsp3) is 0.324. The van der Waals surface area contributed by atoms with E-state index in [0.29, 0.717) is 23.0 Å². The zero-order valence-corrected chi connectivity index (χ0v) is 25.6. The number of likely N-dealkylation sites (tertiary alicyclic amines) is 1. The van der Waals surface area contributed by atoms with Gasteiger partial charge in [0.2, 0.25) is 5.91 Å². The number of fused-ring (bicyclic) bond motifs is 8. The van der Waals surface area contributed by atoms with Crippen LogP contribution in [0.2, 0.25) is 0 Å². The van der Waals surface area contributed by atoms with Gasteiger partial charge in [-0.2, -0.15) is 0 Å². The Morgan fingerprint density at radius 3 is 2.64 bits per heavy atom. The van der Waals surface area contributed by atoms with E-state index in [9.17, 15) is 14.4 Å². The molecule has 1 aromatic heterocycles. The lowest BCUT2D eigenvalue weighted by molar-refractivity contribution is -0.129. The molecular weight excluding hydrogens is 578 g/mol. The first-order valence-electron chi connectivity index (χ1n) is 14.7. The SMILES string of the molecule is COc1cc2cc(c1)C(=O)N[C@H]1CN(C(=O)Cc3coc4cc(C)cc(C)c34)C[C@@H]1Oc1ccc(c(OC)c1)CNC(=O)CO2. The van der Waals surface area contributed by atoms with Crippen molar-refractivity contribution in [3.05, 3.63) is 82.6 Å². The van der Waals surface area contributed by atoms with Crippen molar-refractivity contribution >= 4 is 28.7 Å². The van der Waals surface area contributed by atoms with E-state index in [0.717, 1.165) is 33.2 Å². The summed E-state index contributed by atoms with van der Waals surface area (Å²) in [5.74, 6) is 0.873. The quantitative estimate of drug-likeness (QED) is 0.357. The third-order valence-electron chi connectivity index (χ3n) is 8.14. The lowest BCUT2D eigenvalue weighted by atomic mass is 10.0.